The quantitative estimate of drug-likeness (QED) is 0.0877. The van der Waals surface area contributed by atoms with Crippen molar-refractivity contribution in [3.05, 3.63) is 193 Å². The minimum Gasteiger partial charge on any atom is -0.353 e. The summed E-state index contributed by atoms with van der Waals surface area (Å²) in [6, 6.07) is 42.4. The predicted octanol–water partition coefficient (Wildman–Crippen LogP) is 15.7. The molecule has 366 valence electrons. The van der Waals surface area contributed by atoms with E-state index in [1.807, 2.05) is 94.7 Å². The third kappa shape index (κ3) is 9.84. The average Bonchev–Trinajstić information content (AvgIpc) is 4.28. The molecule has 0 spiro atoms. The van der Waals surface area contributed by atoms with E-state index < -0.39 is 0 Å². The van der Waals surface area contributed by atoms with Gasteiger partial charge >= 0.3 is 0 Å². The fourth-order valence-electron chi connectivity index (χ4n) is 10.1. The maximum atomic E-state index is 14.0. The van der Waals surface area contributed by atoms with Gasteiger partial charge in [-0.2, -0.15) is 10.2 Å². The molecule has 0 unspecified atom stereocenters. The number of nitrogens with one attached hydrogen (secondary N) is 5. The monoisotopic (exact) mass is 967 g/mol. The number of aromatic amines is 4. The standard InChI is InChI=1S/C34H33FN4.C26H20FN5.C2H6/c1-3-22(17-23-13-15-36-16-14-23)18-24(4-2)25-11-12-32-30(20-25)34(39-38-32)33-21-29-28(9-6-10-31(29)37-33)26-7-5-8-27(35)19-26;1-15-28-14-25(32(15)2)17-9-10-23-21(12-17)26(31-30-23)24-13-20-19(7-4-8-22(20)29-24)16-5-3-6-18(27)11-16;1-2/h3-12,18-21,23,36-37H,1,13-17H2,2H3,(H,38,39);3-14,29H,1-2H3,(H,30,31);1-2H3/b22-18+,24-4+;;. The lowest BCUT2D eigenvalue weighted by molar-refractivity contribution is 0.374. The Kier molecular flexibility index (Phi) is 14.0. The Balaban J connectivity index is 0.000000165. The van der Waals surface area contributed by atoms with Crippen LogP contribution < -0.4 is 5.32 Å². The number of halogens is 2. The number of hydrogen-bond acceptors (Lipinski definition) is 4. The SMILES string of the molecule is C=C/C(=C\C(=C/C)c1ccc2[nH]nc(-c3cc4c(-c5cccc(F)c5)cccc4[nH]3)c2c1)CC1CCNCC1.CC.Cc1ncc(-c2ccc3[nH]nc(-c4cc5c(-c6cccc(F)c6)cccc5[nH]4)c3c2)n1C. The largest absolute Gasteiger partial charge is 0.353 e. The minimum absolute atomic E-state index is 0.240. The van der Waals surface area contributed by atoms with Gasteiger partial charge in [0, 0.05) is 45.2 Å². The number of allylic oxidation sites excluding steroid dienone is 5. The number of H-pyrrole nitrogens is 4. The van der Waals surface area contributed by atoms with Gasteiger partial charge in [0.25, 0.3) is 0 Å². The molecule has 0 aliphatic carbocycles. The highest BCUT2D eigenvalue weighted by Gasteiger charge is 2.19. The lowest BCUT2D eigenvalue weighted by atomic mass is 9.89. The molecule has 11 heteroatoms. The van der Waals surface area contributed by atoms with Crippen LogP contribution in [0.5, 0.6) is 0 Å². The molecule has 6 aromatic carbocycles. The van der Waals surface area contributed by atoms with Gasteiger partial charge in [0.15, 0.2) is 0 Å². The van der Waals surface area contributed by atoms with E-state index in [4.69, 9.17) is 0 Å². The Bertz CT molecular complexity index is 3830. The Labute approximate surface area is 423 Å². The molecule has 1 saturated heterocycles. The summed E-state index contributed by atoms with van der Waals surface area (Å²) in [4.78, 5) is 11.5. The third-order valence-electron chi connectivity index (χ3n) is 14.0. The Morgan fingerprint density at radius 2 is 1.22 bits per heavy atom. The number of aryl methyl sites for hydroxylation is 1. The molecule has 1 aliphatic heterocycles. The molecule has 0 radical (unpaired) electrons. The van der Waals surface area contributed by atoms with Crippen molar-refractivity contribution in [2.45, 2.75) is 47.0 Å². The first-order valence-electron chi connectivity index (χ1n) is 25.1. The van der Waals surface area contributed by atoms with E-state index in [1.54, 1.807) is 24.3 Å². The van der Waals surface area contributed by atoms with E-state index >= 15 is 0 Å². The second-order valence-corrected chi connectivity index (χ2v) is 18.4. The maximum Gasteiger partial charge on any atom is 0.123 e. The molecule has 0 saturated carbocycles. The zero-order chi connectivity index (χ0) is 50.6. The average molecular weight is 968 g/mol. The highest BCUT2D eigenvalue weighted by Crippen LogP contribution is 2.38. The van der Waals surface area contributed by atoms with E-state index in [2.05, 4.69) is 113 Å². The fourth-order valence-corrected chi connectivity index (χ4v) is 10.1. The van der Waals surface area contributed by atoms with Gasteiger partial charge in [-0.1, -0.05) is 99.3 Å². The molecule has 0 amide bonds. The van der Waals surface area contributed by atoms with E-state index in [0.717, 1.165) is 131 Å². The van der Waals surface area contributed by atoms with E-state index in [1.165, 1.54) is 36.1 Å². The summed E-state index contributed by atoms with van der Waals surface area (Å²) in [5, 5.41) is 23.2. The van der Waals surface area contributed by atoms with Crippen molar-refractivity contribution in [3.63, 3.8) is 0 Å². The van der Waals surface area contributed by atoms with Crippen molar-refractivity contribution >= 4 is 49.2 Å². The highest BCUT2D eigenvalue weighted by atomic mass is 19.1. The van der Waals surface area contributed by atoms with Gasteiger partial charge in [-0.05, 0) is 164 Å². The van der Waals surface area contributed by atoms with Crippen molar-refractivity contribution in [2.24, 2.45) is 13.0 Å². The third-order valence-corrected chi connectivity index (χ3v) is 14.0. The van der Waals surface area contributed by atoms with Crippen molar-refractivity contribution in [2.75, 3.05) is 13.1 Å². The molecule has 1 fully saturated rings. The van der Waals surface area contributed by atoms with Crippen LogP contribution in [0.2, 0.25) is 0 Å². The molecule has 5 aromatic heterocycles. The normalized spacial score (nSPS) is 13.4. The predicted molar refractivity (Wildman–Crippen MR) is 298 cm³/mol. The molecular formula is C62H59F2N9. The Morgan fingerprint density at radius 3 is 1.75 bits per heavy atom. The molecule has 11 aromatic rings. The number of rotatable bonds is 10. The molecule has 73 heavy (non-hydrogen) atoms. The first-order chi connectivity index (χ1) is 35.7. The van der Waals surface area contributed by atoms with Crippen LogP contribution in [-0.4, -0.2) is 53.0 Å². The smallest absolute Gasteiger partial charge is 0.123 e. The summed E-state index contributed by atoms with van der Waals surface area (Å²) < 4.78 is 29.9. The first kappa shape index (κ1) is 48.2. The van der Waals surface area contributed by atoms with E-state index in [-0.39, 0.29) is 11.6 Å². The van der Waals surface area contributed by atoms with Crippen LogP contribution in [-0.2, 0) is 7.05 Å². The topological polar surface area (TPSA) is 119 Å². The minimum atomic E-state index is -0.244. The molecule has 6 heterocycles. The van der Waals surface area contributed by atoms with Crippen molar-refractivity contribution in [1.82, 2.24) is 45.2 Å². The molecule has 12 rings (SSSR count). The molecule has 5 N–H and O–H groups in total. The van der Waals surface area contributed by atoms with Gasteiger partial charge in [0.1, 0.15) is 28.8 Å². The van der Waals surface area contributed by atoms with Gasteiger partial charge in [0.05, 0.1) is 34.3 Å². The van der Waals surface area contributed by atoms with Crippen LogP contribution in [0.1, 0.15) is 51.4 Å². The maximum absolute atomic E-state index is 14.0. The number of nitrogens with zero attached hydrogens (tertiary/aromatic N) is 4. The molecule has 9 nitrogen and oxygen atoms in total. The van der Waals surface area contributed by atoms with Crippen LogP contribution >= 0.6 is 0 Å². The van der Waals surface area contributed by atoms with Crippen LogP contribution in [0, 0.1) is 24.5 Å². The molecule has 1 aliphatic rings. The van der Waals surface area contributed by atoms with Crippen molar-refractivity contribution in [3.8, 4) is 56.3 Å². The number of hydrogen-bond donors (Lipinski definition) is 5. The van der Waals surface area contributed by atoms with E-state index in [9.17, 15) is 8.78 Å². The van der Waals surface area contributed by atoms with Crippen LogP contribution in [0.3, 0.4) is 0 Å². The van der Waals surface area contributed by atoms with Gasteiger partial charge in [-0.25, -0.2) is 13.8 Å². The fraction of sp³-hybridized carbons (Fsp3) is 0.177. The van der Waals surface area contributed by atoms with Gasteiger partial charge < -0.3 is 19.9 Å². The van der Waals surface area contributed by atoms with Crippen LogP contribution in [0.4, 0.5) is 8.78 Å². The van der Waals surface area contributed by atoms with Crippen LogP contribution in [0.15, 0.2) is 170 Å². The Morgan fingerprint density at radius 1 is 0.658 bits per heavy atom. The summed E-state index contributed by atoms with van der Waals surface area (Å²) in [5.41, 5.74) is 16.9. The summed E-state index contributed by atoms with van der Waals surface area (Å²) in [6.45, 7) is 14.4. The number of fused-ring (bicyclic) bond motifs is 4. The second-order valence-electron chi connectivity index (χ2n) is 18.4. The Hall–Kier alpha value is -8.41. The number of aromatic nitrogens is 8. The highest BCUT2D eigenvalue weighted by molar-refractivity contribution is 6.03. The molecule has 0 bridgehead atoms. The number of imidazole rings is 1. The lowest BCUT2D eigenvalue weighted by Gasteiger charge is -2.23. The van der Waals surface area contributed by atoms with Crippen molar-refractivity contribution in [1.29, 1.82) is 0 Å². The summed E-state index contributed by atoms with van der Waals surface area (Å²) in [7, 11) is 2.02. The first-order valence-corrected chi connectivity index (χ1v) is 25.1. The summed E-state index contributed by atoms with van der Waals surface area (Å²) in [6.07, 6.45) is 11.8. The van der Waals surface area contributed by atoms with Crippen molar-refractivity contribution < 1.29 is 8.78 Å². The second kappa shape index (κ2) is 21.1. The molecule has 0 atom stereocenters. The van der Waals surface area contributed by atoms with E-state index in [0.29, 0.717) is 5.92 Å². The zero-order valence-corrected chi connectivity index (χ0v) is 41.9. The lowest BCUT2D eigenvalue weighted by Crippen LogP contribution is -2.27. The molecular weight excluding hydrogens is 909 g/mol. The van der Waals surface area contributed by atoms with Crippen LogP contribution in [0.25, 0.3) is 105 Å². The van der Waals surface area contributed by atoms with Gasteiger partial charge in [0.2, 0.25) is 0 Å². The number of piperidine rings is 1. The number of benzene rings is 6. The zero-order valence-electron chi connectivity index (χ0n) is 41.9. The summed E-state index contributed by atoms with van der Waals surface area (Å²) >= 11 is 0. The van der Waals surface area contributed by atoms with Gasteiger partial charge in [-0.3, -0.25) is 10.2 Å². The summed E-state index contributed by atoms with van der Waals surface area (Å²) in [5.74, 6) is 1.19. The van der Waals surface area contributed by atoms with Gasteiger partial charge in [-0.15, -0.1) is 0 Å².